The molecule has 1 aromatic carbocycles. The Morgan fingerprint density at radius 1 is 1.37 bits per heavy atom. The van der Waals surface area contributed by atoms with Crippen LogP contribution in [0.25, 0.3) is 11.3 Å². The normalized spacial score (nSPS) is 16.3. The molecule has 1 aliphatic rings. The SMILES string of the molecule is CC1(C)C(=O)Nc2ccc(-c3cc(CN)sn3)cc21. The highest BCUT2D eigenvalue weighted by Crippen LogP contribution is 2.39. The van der Waals surface area contributed by atoms with Gasteiger partial charge >= 0.3 is 0 Å². The average Bonchev–Trinajstić information content (AvgIpc) is 2.94. The molecule has 0 spiro atoms. The lowest BCUT2D eigenvalue weighted by atomic mass is 9.85. The quantitative estimate of drug-likeness (QED) is 0.883. The number of amides is 1. The summed E-state index contributed by atoms with van der Waals surface area (Å²) in [7, 11) is 0. The highest BCUT2D eigenvalue weighted by Gasteiger charge is 2.38. The summed E-state index contributed by atoms with van der Waals surface area (Å²) >= 11 is 1.42. The Morgan fingerprint density at radius 3 is 2.84 bits per heavy atom. The molecule has 0 aliphatic carbocycles. The van der Waals surface area contributed by atoms with Gasteiger partial charge < -0.3 is 11.1 Å². The Labute approximate surface area is 115 Å². The molecule has 1 aliphatic heterocycles. The molecule has 2 heterocycles. The van der Waals surface area contributed by atoms with E-state index in [4.69, 9.17) is 5.73 Å². The molecular formula is C14H15N3OS. The molecule has 1 amide bonds. The van der Waals surface area contributed by atoms with Crippen molar-refractivity contribution in [2.24, 2.45) is 5.73 Å². The zero-order valence-electron chi connectivity index (χ0n) is 10.9. The van der Waals surface area contributed by atoms with E-state index in [0.29, 0.717) is 6.54 Å². The molecule has 0 saturated heterocycles. The van der Waals surface area contributed by atoms with Crippen LogP contribution in [0.15, 0.2) is 24.3 Å². The number of aromatic nitrogens is 1. The summed E-state index contributed by atoms with van der Waals surface area (Å²) in [5.74, 6) is 0.0422. The number of fused-ring (bicyclic) bond motifs is 1. The maximum absolute atomic E-state index is 11.9. The van der Waals surface area contributed by atoms with E-state index in [2.05, 4.69) is 9.69 Å². The third-order valence-electron chi connectivity index (χ3n) is 3.56. The number of carbonyl (C=O) groups is 1. The van der Waals surface area contributed by atoms with Crippen LogP contribution in [0, 0.1) is 0 Å². The van der Waals surface area contributed by atoms with E-state index in [1.807, 2.05) is 38.1 Å². The first-order valence-corrected chi connectivity index (χ1v) is 6.92. The fourth-order valence-electron chi connectivity index (χ4n) is 2.28. The maximum atomic E-state index is 11.9. The van der Waals surface area contributed by atoms with Crippen molar-refractivity contribution >= 4 is 23.1 Å². The molecule has 0 radical (unpaired) electrons. The Hall–Kier alpha value is -1.72. The number of hydrogen-bond donors (Lipinski definition) is 2. The van der Waals surface area contributed by atoms with Gasteiger partial charge in [0.05, 0.1) is 11.1 Å². The minimum atomic E-state index is -0.488. The third kappa shape index (κ3) is 1.86. The van der Waals surface area contributed by atoms with Crippen LogP contribution in [0.4, 0.5) is 5.69 Å². The van der Waals surface area contributed by atoms with E-state index in [0.717, 1.165) is 27.4 Å². The van der Waals surface area contributed by atoms with Crippen molar-refractivity contribution < 1.29 is 4.79 Å². The number of nitrogens with one attached hydrogen (secondary N) is 1. The molecule has 4 nitrogen and oxygen atoms in total. The summed E-state index contributed by atoms with van der Waals surface area (Å²) in [6.45, 7) is 4.38. The van der Waals surface area contributed by atoms with Gasteiger partial charge in [0.25, 0.3) is 0 Å². The Bertz CT molecular complexity index is 660. The van der Waals surface area contributed by atoms with Gasteiger partial charge in [-0.05, 0) is 49.1 Å². The van der Waals surface area contributed by atoms with Gasteiger partial charge in [0, 0.05) is 22.7 Å². The second-order valence-corrected chi connectivity index (χ2v) is 6.11. The van der Waals surface area contributed by atoms with Crippen LogP contribution in [-0.2, 0) is 16.8 Å². The molecular weight excluding hydrogens is 258 g/mol. The summed E-state index contributed by atoms with van der Waals surface area (Å²) < 4.78 is 4.41. The van der Waals surface area contributed by atoms with Crippen molar-refractivity contribution in [2.45, 2.75) is 25.8 Å². The van der Waals surface area contributed by atoms with Crippen LogP contribution in [0.1, 0.15) is 24.3 Å². The van der Waals surface area contributed by atoms with Crippen LogP contribution in [0.3, 0.4) is 0 Å². The lowest BCUT2D eigenvalue weighted by molar-refractivity contribution is -0.119. The van der Waals surface area contributed by atoms with Gasteiger partial charge in [-0.1, -0.05) is 6.07 Å². The fraction of sp³-hybridized carbons (Fsp3) is 0.286. The zero-order valence-corrected chi connectivity index (χ0v) is 11.7. The van der Waals surface area contributed by atoms with Gasteiger partial charge in [-0.3, -0.25) is 4.79 Å². The van der Waals surface area contributed by atoms with E-state index >= 15 is 0 Å². The fourth-order valence-corrected chi connectivity index (χ4v) is 2.89. The Kier molecular flexibility index (Phi) is 2.69. The van der Waals surface area contributed by atoms with Crippen molar-refractivity contribution in [2.75, 3.05) is 5.32 Å². The number of rotatable bonds is 2. The van der Waals surface area contributed by atoms with Crippen molar-refractivity contribution in [3.63, 3.8) is 0 Å². The minimum absolute atomic E-state index is 0.0422. The summed E-state index contributed by atoms with van der Waals surface area (Å²) in [5.41, 5.74) is 8.99. The first kappa shape index (κ1) is 12.3. The molecule has 98 valence electrons. The van der Waals surface area contributed by atoms with Crippen molar-refractivity contribution in [1.29, 1.82) is 0 Å². The second-order valence-electron chi connectivity index (χ2n) is 5.22. The first-order chi connectivity index (χ1) is 9.02. The van der Waals surface area contributed by atoms with Crippen LogP contribution in [0.2, 0.25) is 0 Å². The molecule has 0 bridgehead atoms. The maximum Gasteiger partial charge on any atom is 0.234 e. The smallest absolute Gasteiger partial charge is 0.234 e. The van der Waals surface area contributed by atoms with Crippen molar-refractivity contribution in [1.82, 2.24) is 4.37 Å². The molecule has 0 fully saturated rings. The van der Waals surface area contributed by atoms with Gasteiger partial charge in [0.2, 0.25) is 5.91 Å². The van der Waals surface area contributed by atoms with E-state index < -0.39 is 5.41 Å². The summed E-state index contributed by atoms with van der Waals surface area (Å²) in [4.78, 5) is 13.0. The molecule has 5 heteroatoms. The highest BCUT2D eigenvalue weighted by molar-refractivity contribution is 7.06. The van der Waals surface area contributed by atoms with Crippen molar-refractivity contribution in [3.05, 3.63) is 34.7 Å². The van der Waals surface area contributed by atoms with Gasteiger partial charge in [-0.15, -0.1) is 0 Å². The first-order valence-electron chi connectivity index (χ1n) is 6.14. The van der Waals surface area contributed by atoms with E-state index in [1.54, 1.807) is 0 Å². The monoisotopic (exact) mass is 273 g/mol. The van der Waals surface area contributed by atoms with Gasteiger partial charge in [0.1, 0.15) is 0 Å². The largest absolute Gasteiger partial charge is 0.326 e. The predicted molar refractivity (Wildman–Crippen MR) is 77.1 cm³/mol. The standard InChI is InChI=1S/C14H15N3OS/c1-14(2)10-5-8(3-4-11(10)16-13(14)18)12-6-9(7-15)19-17-12/h3-6H,7,15H2,1-2H3,(H,16,18). The van der Waals surface area contributed by atoms with Gasteiger partial charge in [-0.25, -0.2) is 0 Å². The third-order valence-corrected chi connectivity index (χ3v) is 4.37. The lowest BCUT2D eigenvalue weighted by Crippen LogP contribution is -2.26. The molecule has 2 aromatic rings. The van der Waals surface area contributed by atoms with Gasteiger partial charge in [-0.2, -0.15) is 4.37 Å². The number of nitrogens with zero attached hydrogens (tertiary/aromatic N) is 1. The lowest BCUT2D eigenvalue weighted by Gasteiger charge is -2.15. The Balaban J connectivity index is 2.07. The summed E-state index contributed by atoms with van der Waals surface area (Å²) in [6.07, 6.45) is 0. The topological polar surface area (TPSA) is 68.0 Å². The minimum Gasteiger partial charge on any atom is -0.326 e. The predicted octanol–water partition coefficient (Wildman–Crippen LogP) is 2.50. The van der Waals surface area contributed by atoms with Gasteiger partial charge in [0.15, 0.2) is 0 Å². The number of benzene rings is 1. The molecule has 19 heavy (non-hydrogen) atoms. The van der Waals surface area contributed by atoms with E-state index in [-0.39, 0.29) is 5.91 Å². The van der Waals surface area contributed by atoms with Crippen LogP contribution in [0.5, 0.6) is 0 Å². The molecule has 3 N–H and O–H groups in total. The number of nitrogens with two attached hydrogens (primary N) is 1. The summed E-state index contributed by atoms with van der Waals surface area (Å²) in [5, 5.41) is 2.91. The molecule has 0 saturated carbocycles. The zero-order chi connectivity index (χ0) is 13.6. The molecule has 3 rings (SSSR count). The highest BCUT2D eigenvalue weighted by atomic mass is 32.1. The van der Waals surface area contributed by atoms with Crippen LogP contribution < -0.4 is 11.1 Å². The van der Waals surface area contributed by atoms with Crippen molar-refractivity contribution in [3.8, 4) is 11.3 Å². The molecule has 1 aromatic heterocycles. The van der Waals surface area contributed by atoms with E-state index in [1.165, 1.54) is 11.5 Å². The van der Waals surface area contributed by atoms with Crippen LogP contribution in [-0.4, -0.2) is 10.3 Å². The Morgan fingerprint density at radius 2 is 2.16 bits per heavy atom. The van der Waals surface area contributed by atoms with E-state index in [9.17, 15) is 4.79 Å². The van der Waals surface area contributed by atoms with Crippen LogP contribution >= 0.6 is 11.5 Å². The number of carbonyl (C=O) groups excluding carboxylic acids is 1. The second kappa shape index (κ2) is 4.15. The summed E-state index contributed by atoms with van der Waals surface area (Å²) in [6, 6.07) is 7.97. The number of hydrogen-bond acceptors (Lipinski definition) is 4. The average molecular weight is 273 g/mol. The molecule has 0 unspecified atom stereocenters. The molecule has 0 atom stereocenters. The number of anilines is 1.